The molecule has 0 fully saturated rings. The molecule has 0 unspecified atom stereocenters. The average molecular weight is 273 g/mol. The molecule has 1 nitrogen and oxygen atoms in total. The fourth-order valence-corrected chi connectivity index (χ4v) is 1.82. The van der Waals surface area contributed by atoms with Crippen LogP contribution in [0.25, 0.3) is 0 Å². The van der Waals surface area contributed by atoms with Crippen molar-refractivity contribution in [3.63, 3.8) is 0 Å². The van der Waals surface area contributed by atoms with Gasteiger partial charge < -0.3 is 0 Å². The monoisotopic (exact) mass is 272 g/mol. The molecule has 0 aliphatic rings. The Balaban J connectivity index is 2.71. The third kappa shape index (κ3) is 3.46. The van der Waals surface area contributed by atoms with Crippen LogP contribution in [0.5, 0.6) is 0 Å². The zero-order chi connectivity index (χ0) is 10.8. The highest BCUT2D eigenvalue weighted by atomic mass is 79.9. The lowest BCUT2D eigenvalue weighted by atomic mass is 10.00. The Morgan fingerprint density at radius 2 is 1.71 bits per heavy atom. The smallest absolute Gasteiger partial charge is 0.198 e. The van der Waals surface area contributed by atoms with E-state index in [2.05, 4.69) is 15.9 Å². The van der Waals surface area contributed by atoms with E-state index in [1.165, 1.54) is 11.8 Å². The lowest BCUT2D eigenvalue weighted by molar-refractivity contribution is -0.117. The van der Waals surface area contributed by atoms with Crippen molar-refractivity contribution in [3.05, 3.63) is 28.7 Å². The summed E-state index contributed by atoms with van der Waals surface area (Å²) in [6, 6.07) is 7.77. The predicted octanol–water partition coefficient (Wildman–Crippen LogP) is 4.11. The van der Waals surface area contributed by atoms with Gasteiger partial charge in [-0.2, -0.15) is 0 Å². The van der Waals surface area contributed by atoms with Gasteiger partial charge in [0.1, 0.15) is 0 Å². The van der Waals surface area contributed by atoms with Gasteiger partial charge in [-0.3, -0.25) is 4.79 Å². The van der Waals surface area contributed by atoms with E-state index in [1.54, 1.807) is 0 Å². The first-order chi connectivity index (χ1) is 6.39. The van der Waals surface area contributed by atoms with Gasteiger partial charge in [-0.25, -0.2) is 0 Å². The molecule has 0 aliphatic carbocycles. The Labute approximate surface area is 97.4 Å². The molecule has 0 saturated heterocycles. The van der Waals surface area contributed by atoms with Crippen molar-refractivity contribution in [2.75, 3.05) is 0 Å². The van der Waals surface area contributed by atoms with Crippen molar-refractivity contribution in [1.82, 2.24) is 0 Å². The molecule has 1 aromatic carbocycles. The van der Waals surface area contributed by atoms with Crippen LogP contribution < -0.4 is 0 Å². The first-order valence-corrected chi connectivity index (χ1v) is 5.98. The summed E-state index contributed by atoms with van der Waals surface area (Å²) in [5.74, 6) is 0. The normalized spacial score (nSPS) is 11.4. The van der Waals surface area contributed by atoms with Crippen LogP contribution >= 0.6 is 27.7 Å². The van der Waals surface area contributed by atoms with Gasteiger partial charge in [0.15, 0.2) is 5.12 Å². The van der Waals surface area contributed by atoms with Gasteiger partial charge in [-0.05, 0) is 24.3 Å². The largest absolute Gasteiger partial charge is 0.286 e. The Bertz CT molecular complexity index is 324. The summed E-state index contributed by atoms with van der Waals surface area (Å²) in [5.41, 5.74) is -0.280. The third-order valence-corrected chi connectivity index (χ3v) is 3.47. The van der Waals surface area contributed by atoms with Gasteiger partial charge in [0.25, 0.3) is 0 Å². The van der Waals surface area contributed by atoms with Crippen LogP contribution in [-0.4, -0.2) is 5.12 Å². The molecule has 0 aromatic heterocycles. The number of benzene rings is 1. The van der Waals surface area contributed by atoms with Crippen molar-refractivity contribution in [1.29, 1.82) is 0 Å². The second-order valence-electron chi connectivity index (χ2n) is 4.09. The van der Waals surface area contributed by atoms with Crippen LogP contribution in [0.4, 0.5) is 0 Å². The maximum atomic E-state index is 11.7. The highest BCUT2D eigenvalue weighted by Crippen LogP contribution is 2.29. The number of hydrogen-bond donors (Lipinski definition) is 0. The van der Waals surface area contributed by atoms with Crippen molar-refractivity contribution < 1.29 is 4.79 Å². The van der Waals surface area contributed by atoms with Gasteiger partial charge in [-0.1, -0.05) is 48.5 Å². The van der Waals surface area contributed by atoms with Crippen molar-refractivity contribution in [2.24, 2.45) is 5.41 Å². The van der Waals surface area contributed by atoms with Crippen LogP contribution in [-0.2, 0) is 4.79 Å². The number of carbonyl (C=O) groups is 1. The quantitative estimate of drug-likeness (QED) is 0.716. The number of rotatable bonds is 1. The molecular formula is C11H13BrOS. The van der Waals surface area contributed by atoms with E-state index in [9.17, 15) is 4.79 Å². The second-order valence-corrected chi connectivity index (χ2v) is 6.06. The molecule has 0 amide bonds. The maximum absolute atomic E-state index is 11.7. The zero-order valence-corrected chi connectivity index (χ0v) is 10.9. The summed E-state index contributed by atoms with van der Waals surface area (Å²) in [6.45, 7) is 5.80. The Morgan fingerprint density at radius 3 is 2.14 bits per heavy atom. The van der Waals surface area contributed by atoms with Crippen LogP contribution in [0.1, 0.15) is 20.8 Å². The van der Waals surface area contributed by atoms with Crippen molar-refractivity contribution in [3.8, 4) is 0 Å². The molecule has 3 heteroatoms. The predicted molar refractivity (Wildman–Crippen MR) is 64.5 cm³/mol. The highest BCUT2D eigenvalue weighted by Gasteiger charge is 2.21. The van der Waals surface area contributed by atoms with Gasteiger partial charge in [-0.15, -0.1) is 0 Å². The van der Waals surface area contributed by atoms with Crippen LogP contribution in [0.3, 0.4) is 0 Å². The molecule has 1 rings (SSSR count). The molecule has 0 atom stereocenters. The third-order valence-electron chi connectivity index (χ3n) is 1.64. The maximum Gasteiger partial charge on any atom is 0.198 e. The first-order valence-electron chi connectivity index (χ1n) is 4.37. The van der Waals surface area contributed by atoms with Crippen LogP contribution in [0.15, 0.2) is 33.6 Å². The molecule has 1 aromatic rings. The topological polar surface area (TPSA) is 17.1 Å². The lowest BCUT2D eigenvalue weighted by Crippen LogP contribution is -2.15. The summed E-state index contributed by atoms with van der Waals surface area (Å²) < 4.78 is 1.03. The minimum atomic E-state index is -0.280. The minimum Gasteiger partial charge on any atom is -0.286 e. The molecular weight excluding hydrogens is 260 g/mol. The molecule has 0 radical (unpaired) electrons. The van der Waals surface area contributed by atoms with Crippen molar-refractivity contribution in [2.45, 2.75) is 25.7 Å². The van der Waals surface area contributed by atoms with Gasteiger partial charge in [0.2, 0.25) is 0 Å². The standard InChI is InChI=1S/C11H13BrOS/c1-11(2,3)10(13)14-9-6-4-8(12)5-7-9/h4-7H,1-3H3. The van der Waals surface area contributed by atoms with E-state index in [1.807, 2.05) is 45.0 Å². The fourth-order valence-electron chi connectivity index (χ4n) is 0.763. The Morgan fingerprint density at radius 1 is 1.21 bits per heavy atom. The molecule has 76 valence electrons. The van der Waals surface area contributed by atoms with Gasteiger partial charge >= 0.3 is 0 Å². The Hall–Kier alpha value is -0.280. The molecule has 0 aliphatic heterocycles. The van der Waals surface area contributed by atoms with E-state index in [0.29, 0.717) is 0 Å². The molecule has 14 heavy (non-hydrogen) atoms. The summed E-state index contributed by atoms with van der Waals surface area (Å²) in [5, 5.41) is 0.194. The summed E-state index contributed by atoms with van der Waals surface area (Å²) >= 11 is 4.66. The zero-order valence-electron chi connectivity index (χ0n) is 8.50. The van der Waals surface area contributed by atoms with Gasteiger partial charge in [0.05, 0.1) is 0 Å². The van der Waals surface area contributed by atoms with E-state index in [-0.39, 0.29) is 10.5 Å². The fraction of sp³-hybridized carbons (Fsp3) is 0.364. The van der Waals surface area contributed by atoms with E-state index >= 15 is 0 Å². The minimum absolute atomic E-state index is 0.194. The molecule has 0 heterocycles. The number of carbonyl (C=O) groups excluding carboxylic acids is 1. The Kier molecular flexibility index (Phi) is 3.78. The number of thioether (sulfide) groups is 1. The van der Waals surface area contributed by atoms with Crippen molar-refractivity contribution >= 4 is 32.8 Å². The summed E-state index contributed by atoms with van der Waals surface area (Å²) in [6.07, 6.45) is 0. The van der Waals surface area contributed by atoms with Crippen LogP contribution in [0, 0.1) is 5.41 Å². The second kappa shape index (κ2) is 4.49. The average Bonchev–Trinajstić information content (AvgIpc) is 2.07. The van der Waals surface area contributed by atoms with Gasteiger partial charge in [0, 0.05) is 14.8 Å². The number of halogens is 1. The number of hydrogen-bond acceptors (Lipinski definition) is 2. The highest BCUT2D eigenvalue weighted by molar-refractivity contribution is 9.10. The van der Waals surface area contributed by atoms with E-state index in [0.717, 1.165) is 9.37 Å². The first kappa shape index (κ1) is 11.8. The molecule has 0 spiro atoms. The summed E-state index contributed by atoms with van der Waals surface area (Å²) in [4.78, 5) is 12.7. The van der Waals surface area contributed by atoms with Crippen LogP contribution in [0.2, 0.25) is 0 Å². The molecule has 0 N–H and O–H groups in total. The molecule has 0 saturated carbocycles. The SMILES string of the molecule is CC(C)(C)C(=O)Sc1ccc(Br)cc1. The molecule has 0 bridgehead atoms. The van der Waals surface area contributed by atoms with E-state index < -0.39 is 0 Å². The lowest BCUT2D eigenvalue weighted by Gasteiger charge is -2.15. The summed E-state index contributed by atoms with van der Waals surface area (Å²) in [7, 11) is 0. The van der Waals surface area contributed by atoms with E-state index in [4.69, 9.17) is 0 Å².